The molecule has 1 aliphatic rings. The summed E-state index contributed by atoms with van der Waals surface area (Å²) in [5.74, 6) is 0.849. The summed E-state index contributed by atoms with van der Waals surface area (Å²) in [6, 6.07) is 14.7. The average molecular weight is 432 g/mol. The Bertz CT molecular complexity index is 1080. The molecule has 1 aliphatic heterocycles. The number of benzene rings is 2. The minimum atomic E-state index is -3.19. The van der Waals surface area contributed by atoms with Gasteiger partial charge in [0.05, 0.1) is 36.0 Å². The Balaban J connectivity index is 1.53. The first-order chi connectivity index (χ1) is 13.9. The number of aromatic nitrogens is 2. The van der Waals surface area contributed by atoms with Crippen LogP contribution in [0.3, 0.4) is 0 Å². The van der Waals surface area contributed by atoms with Crippen LogP contribution in [0.25, 0.3) is 11.3 Å². The van der Waals surface area contributed by atoms with Gasteiger partial charge in [-0.05, 0) is 35.4 Å². The Hall–Kier alpha value is -2.19. The second kappa shape index (κ2) is 8.28. The predicted molar refractivity (Wildman–Crippen MR) is 113 cm³/mol. The van der Waals surface area contributed by atoms with E-state index in [-0.39, 0.29) is 6.04 Å². The molecule has 6 nitrogen and oxygen atoms in total. The summed E-state index contributed by atoms with van der Waals surface area (Å²) in [5, 5.41) is 0.697. The van der Waals surface area contributed by atoms with Crippen molar-refractivity contribution in [3.05, 3.63) is 71.1 Å². The van der Waals surface area contributed by atoms with Crippen LogP contribution in [0.5, 0.6) is 0 Å². The molecule has 1 aromatic heterocycles. The lowest BCUT2D eigenvalue weighted by Gasteiger charge is -2.34. The number of halogens is 1. The Morgan fingerprint density at radius 2 is 1.90 bits per heavy atom. The largest absolute Gasteiger partial charge is 0.378 e. The van der Waals surface area contributed by atoms with Crippen molar-refractivity contribution >= 4 is 21.4 Å². The molecule has 2 aromatic carbocycles. The molecule has 1 atom stereocenters. The number of aromatic amines is 1. The van der Waals surface area contributed by atoms with Gasteiger partial charge in [-0.1, -0.05) is 35.9 Å². The molecule has 4 rings (SSSR count). The number of H-pyrrole nitrogens is 1. The van der Waals surface area contributed by atoms with E-state index >= 15 is 0 Å². The van der Waals surface area contributed by atoms with Gasteiger partial charge in [-0.25, -0.2) is 13.4 Å². The van der Waals surface area contributed by atoms with Gasteiger partial charge in [0, 0.05) is 24.4 Å². The molecule has 0 radical (unpaired) electrons. The number of morpholine rings is 1. The molecule has 1 saturated heterocycles. The van der Waals surface area contributed by atoms with Gasteiger partial charge in [-0.3, -0.25) is 4.90 Å². The third kappa shape index (κ3) is 4.70. The van der Waals surface area contributed by atoms with E-state index in [4.69, 9.17) is 16.3 Å². The van der Waals surface area contributed by atoms with Crippen LogP contribution in [-0.4, -0.2) is 49.3 Å². The van der Waals surface area contributed by atoms with Crippen LogP contribution >= 0.6 is 11.6 Å². The maximum absolute atomic E-state index is 11.7. The molecule has 0 unspecified atom stereocenters. The van der Waals surface area contributed by atoms with Gasteiger partial charge in [-0.2, -0.15) is 0 Å². The zero-order chi connectivity index (χ0) is 20.4. The summed E-state index contributed by atoms with van der Waals surface area (Å²) in [7, 11) is -3.19. The minimum Gasteiger partial charge on any atom is -0.378 e. The van der Waals surface area contributed by atoms with Crippen molar-refractivity contribution in [3.63, 3.8) is 0 Å². The molecule has 0 amide bonds. The molecule has 0 bridgehead atoms. The van der Waals surface area contributed by atoms with Crippen molar-refractivity contribution in [2.75, 3.05) is 26.0 Å². The number of rotatable bonds is 5. The number of hydrogen-bond acceptors (Lipinski definition) is 5. The Kier molecular flexibility index (Phi) is 5.74. The number of hydrogen-bond donors (Lipinski definition) is 1. The summed E-state index contributed by atoms with van der Waals surface area (Å²) in [5.41, 5.74) is 3.00. The lowest BCUT2D eigenvalue weighted by Crippen LogP contribution is -2.39. The predicted octanol–water partition coefficient (Wildman–Crippen LogP) is 3.71. The minimum absolute atomic E-state index is 0.000570. The summed E-state index contributed by atoms with van der Waals surface area (Å²) in [6.45, 7) is 2.67. The first kappa shape index (κ1) is 20.1. The molecule has 1 N–H and O–H groups in total. The fourth-order valence-electron chi connectivity index (χ4n) is 3.44. The van der Waals surface area contributed by atoms with Crippen LogP contribution in [0.2, 0.25) is 5.02 Å². The van der Waals surface area contributed by atoms with E-state index in [9.17, 15) is 8.42 Å². The van der Waals surface area contributed by atoms with Crippen molar-refractivity contribution < 1.29 is 13.2 Å². The lowest BCUT2D eigenvalue weighted by atomic mass is 10.1. The van der Waals surface area contributed by atoms with Gasteiger partial charge in [0.25, 0.3) is 0 Å². The highest BCUT2D eigenvalue weighted by atomic mass is 35.5. The Morgan fingerprint density at radius 3 is 2.59 bits per heavy atom. The van der Waals surface area contributed by atoms with E-state index in [2.05, 4.69) is 14.9 Å². The number of nitrogens with zero attached hydrogens (tertiary/aromatic N) is 2. The highest BCUT2D eigenvalue weighted by molar-refractivity contribution is 7.90. The summed E-state index contributed by atoms with van der Waals surface area (Å²) >= 11 is 5.97. The fraction of sp³-hybridized carbons (Fsp3) is 0.286. The number of nitrogens with one attached hydrogen (secondary N) is 1. The Morgan fingerprint density at radius 1 is 1.17 bits per heavy atom. The van der Waals surface area contributed by atoms with Crippen LogP contribution in [-0.2, 0) is 21.1 Å². The smallest absolute Gasteiger partial charge is 0.175 e. The first-order valence-corrected chi connectivity index (χ1v) is 11.6. The molecule has 1 fully saturated rings. The number of ether oxygens (including phenoxy) is 1. The highest BCUT2D eigenvalue weighted by Gasteiger charge is 2.27. The van der Waals surface area contributed by atoms with Crippen LogP contribution in [0, 0.1) is 0 Å². The maximum Gasteiger partial charge on any atom is 0.175 e. The molecular weight excluding hydrogens is 410 g/mol. The van der Waals surface area contributed by atoms with Crippen molar-refractivity contribution in [2.45, 2.75) is 17.5 Å². The molecule has 8 heteroatoms. The topological polar surface area (TPSA) is 75.3 Å². The van der Waals surface area contributed by atoms with E-state index in [1.54, 1.807) is 12.1 Å². The van der Waals surface area contributed by atoms with Gasteiger partial charge >= 0.3 is 0 Å². The van der Waals surface area contributed by atoms with Gasteiger partial charge in [0.15, 0.2) is 9.84 Å². The summed E-state index contributed by atoms with van der Waals surface area (Å²) in [4.78, 5) is 10.6. The van der Waals surface area contributed by atoms with Gasteiger partial charge in [0.1, 0.15) is 5.82 Å². The molecular formula is C21H22ClN3O3S. The van der Waals surface area contributed by atoms with Crippen LogP contribution in [0.1, 0.15) is 17.4 Å². The van der Waals surface area contributed by atoms with E-state index in [1.807, 2.05) is 42.6 Å². The maximum atomic E-state index is 11.7. The van der Waals surface area contributed by atoms with Crippen LogP contribution in [0.4, 0.5) is 0 Å². The monoisotopic (exact) mass is 431 g/mol. The zero-order valence-electron chi connectivity index (χ0n) is 16.0. The second-order valence-electron chi connectivity index (χ2n) is 7.17. The second-order valence-corrected chi connectivity index (χ2v) is 9.62. The van der Waals surface area contributed by atoms with E-state index in [0.29, 0.717) is 29.7 Å². The standard InChI is InChI=1S/C21H22ClN3O3S/c1-29(26,27)18-8-2-15(3-9-18)13-25-10-11-28-14-20(25)21-23-12-19(24-21)16-4-6-17(22)7-5-16/h2-9,12,20H,10-11,13-14H2,1H3,(H,23,24)/t20-/m0/s1. The number of sulfone groups is 1. The van der Waals surface area contributed by atoms with Crippen molar-refractivity contribution in [2.24, 2.45) is 0 Å². The third-order valence-electron chi connectivity index (χ3n) is 5.04. The van der Waals surface area contributed by atoms with Gasteiger partial charge < -0.3 is 9.72 Å². The molecule has 29 heavy (non-hydrogen) atoms. The van der Waals surface area contributed by atoms with Gasteiger partial charge in [0.2, 0.25) is 0 Å². The van der Waals surface area contributed by atoms with Crippen molar-refractivity contribution in [3.8, 4) is 11.3 Å². The Labute approximate surface area is 175 Å². The molecule has 152 valence electrons. The van der Waals surface area contributed by atoms with Crippen molar-refractivity contribution in [1.82, 2.24) is 14.9 Å². The average Bonchev–Trinajstić information content (AvgIpc) is 3.19. The van der Waals surface area contributed by atoms with Crippen molar-refractivity contribution in [1.29, 1.82) is 0 Å². The third-order valence-corrected chi connectivity index (χ3v) is 6.42. The quantitative estimate of drug-likeness (QED) is 0.666. The first-order valence-electron chi connectivity index (χ1n) is 9.32. The molecule has 0 aliphatic carbocycles. The molecule has 3 aromatic rings. The summed E-state index contributed by atoms with van der Waals surface area (Å²) < 4.78 is 29.0. The van der Waals surface area contributed by atoms with E-state index in [0.717, 1.165) is 29.2 Å². The SMILES string of the molecule is CS(=O)(=O)c1ccc(CN2CCOC[C@H]2c2ncc(-c3ccc(Cl)cc3)[nH]2)cc1. The molecule has 0 saturated carbocycles. The molecule has 0 spiro atoms. The zero-order valence-corrected chi connectivity index (χ0v) is 17.6. The lowest BCUT2D eigenvalue weighted by molar-refractivity contribution is -0.0156. The molecule has 2 heterocycles. The van der Waals surface area contributed by atoms with Gasteiger partial charge in [-0.15, -0.1) is 0 Å². The van der Waals surface area contributed by atoms with Crippen LogP contribution in [0.15, 0.2) is 59.6 Å². The van der Waals surface area contributed by atoms with E-state index in [1.165, 1.54) is 6.26 Å². The van der Waals surface area contributed by atoms with E-state index < -0.39 is 9.84 Å². The van der Waals surface area contributed by atoms with Crippen LogP contribution < -0.4 is 0 Å². The number of imidazole rings is 1. The highest BCUT2D eigenvalue weighted by Crippen LogP contribution is 2.27. The summed E-state index contributed by atoms with van der Waals surface area (Å²) in [6.07, 6.45) is 3.04. The normalized spacial score (nSPS) is 18.1. The fourth-order valence-corrected chi connectivity index (χ4v) is 4.19.